The topological polar surface area (TPSA) is 119 Å². The maximum atomic E-state index is 6.42. The van der Waals surface area contributed by atoms with Crippen LogP contribution < -0.4 is 14.8 Å². The maximum absolute atomic E-state index is 6.42. The summed E-state index contributed by atoms with van der Waals surface area (Å²) in [6.07, 6.45) is 11.7. The van der Waals surface area contributed by atoms with Crippen molar-refractivity contribution in [1.29, 1.82) is 0 Å². The molecule has 0 fully saturated rings. The van der Waals surface area contributed by atoms with Gasteiger partial charge in [-0.15, -0.1) is 0 Å². The highest BCUT2D eigenvalue weighted by atomic mass is 79.9. The molecule has 0 saturated carbocycles. The van der Waals surface area contributed by atoms with Crippen molar-refractivity contribution in [2.75, 3.05) is 10.0 Å². The summed E-state index contributed by atoms with van der Waals surface area (Å²) < 4.78 is 7.75. The van der Waals surface area contributed by atoms with Crippen LogP contribution in [0.2, 0.25) is 0 Å². The lowest BCUT2D eigenvalue weighted by atomic mass is 10.2. The molecular weight excluding hydrogens is 736 g/mol. The third-order valence-corrected chi connectivity index (χ3v) is 7.97. The lowest BCUT2D eigenvalue weighted by Gasteiger charge is -2.35. The minimum Gasteiger partial charge on any atom is -0.485 e. The van der Waals surface area contributed by atoms with Crippen LogP contribution in [0.25, 0.3) is 22.8 Å². The molecule has 0 unspecified atom stereocenters. The predicted octanol–water partition coefficient (Wildman–Crippen LogP) is 8.18. The van der Waals surface area contributed by atoms with Crippen LogP contribution in [0.4, 0.5) is 23.3 Å². The SMILES string of the molecule is Brc1ccc(N(c2cnc(Br)c(-c3ccccn3)n2)N(c2cncc(-c3ccccn3)n2)c2ncccc2OCc2ccccc2)nc1. The second-order valence-corrected chi connectivity index (χ2v) is 11.8. The Morgan fingerprint density at radius 3 is 2.04 bits per heavy atom. The molecular formula is C35H24Br2N10O. The molecule has 7 rings (SSSR count). The summed E-state index contributed by atoms with van der Waals surface area (Å²) in [6, 6.07) is 28.6. The van der Waals surface area contributed by atoms with E-state index in [0.29, 0.717) is 63.0 Å². The molecule has 234 valence electrons. The Hall–Kier alpha value is -5.66. The zero-order valence-electron chi connectivity index (χ0n) is 25.0. The number of halogens is 2. The van der Waals surface area contributed by atoms with Gasteiger partial charge in [0.15, 0.2) is 29.0 Å². The van der Waals surface area contributed by atoms with E-state index in [9.17, 15) is 0 Å². The molecule has 6 heterocycles. The van der Waals surface area contributed by atoms with Gasteiger partial charge < -0.3 is 4.74 Å². The summed E-state index contributed by atoms with van der Waals surface area (Å²) in [6.45, 7) is 0.311. The number of rotatable bonds is 10. The summed E-state index contributed by atoms with van der Waals surface area (Å²) in [5, 5.41) is 3.53. The van der Waals surface area contributed by atoms with Crippen molar-refractivity contribution in [3.05, 3.63) is 149 Å². The molecule has 0 saturated heterocycles. The van der Waals surface area contributed by atoms with Crippen molar-refractivity contribution in [1.82, 2.24) is 39.9 Å². The molecule has 0 N–H and O–H groups in total. The van der Waals surface area contributed by atoms with Crippen LogP contribution in [0.5, 0.6) is 5.75 Å². The van der Waals surface area contributed by atoms with Crippen molar-refractivity contribution in [2.45, 2.75) is 6.61 Å². The van der Waals surface area contributed by atoms with Crippen molar-refractivity contribution >= 4 is 55.1 Å². The van der Waals surface area contributed by atoms with Gasteiger partial charge in [-0.05, 0) is 86.0 Å². The van der Waals surface area contributed by atoms with Gasteiger partial charge in [0, 0.05) is 29.3 Å². The van der Waals surface area contributed by atoms with E-state index >= 15 is 0 Å². The minimum absolute atomic E-state index is 0.311. The summed E-state index contributed by atoms with van der Waals surface area (Å²) >= 11 is 7.09. The van der Waals surface area contributed by atoms with Crippen LogP contribution in [-0.2, 0) is 6.61 Å². The zero-order valence-corrected chi connectivity index (χ0v) is 28.2. The largest absolute Gasteiger partial charge is 0.485 e. The Labute approximate surface area is 292 Å². The Morgan fingerprint density at radius 2 is 1.29 bits per heavy atom. The number of benzene rings is 1. The Balaban J connectivity index is 1.44. The van der Waals surface area contributed by atoms with Crippen LogP contribution in [0, 0.1) is 0 Å². The molecule has 7 aromatic rings. The van der Waals surface area contributed by atoms with Gasteiger partial charge in [-0.25, -0.2) is 34.9 Å². The lowest BCUT2D eigenvalue weighted by molar-refractivity contribution is 0.306. The van der Waals surface area contributed by atoms with Gasteiger partial charge in [0.1, 0.15) is 22.6 Å². The molecule has 0 bridgehead atoms. The second kappa shape index (κ2) is 14.4. The van der Waals surface area contributed by atoms with Crippen molar-refractivity contribution in [3.8, 4) is 28.5 Å². The van der Waals surface area contributed by atoms with E-state index in [0.717, 1.165) is 10.0 Å². The number of hydrogen-bond acceptors (Lipinski definition) is 11. The fourth-order valence-corrected chi connectivity index (χ4v) is 5.37. The minimum atomic E-state index is 0.311. The van der Waals surface area contributed by atoms with E-state index in [-0.39, 0.29) is 0 Å². The number of hydrogen-bond donors (Lipinski definition) is 0. The molecule has 0 spiro atoms. The van der Waals surface area contributed by atoms with E-state index < -0.39 is 0 Å². The van der Waals surface area contributed by atoms with Crippen LogP contribution in [0.15, 0.2) is 143 Å². The van der Waals surface area contributed by atoms with E-state index in [1.165, 1.54) is 0 Å². The van der Waals surface area contributed by atoms with E-state index in [1.54, 1.807) is 53.4 Å². The molecule has 0 aliphatic heterocycles. The first kappa shape index (κ1) is 31.0. The second-order valence-electron chi connectivity index (χ2n) is 10.1. The first-order valence-corrected chi connectivity index (χ1v) is 16.2. The molecule has 0 atom stereocenters. The van der Waals surface area contributed by atoms with Gasteiger partial charge in [-0.2, -0.15) is 0 Å². The smallest absolute Gasteiger partial charge is 0.197 e. The molecule has 0 amide bonds. The molecule has 48 heavy (non-hydrogen) atoms. The lowest BCUT2D eigenvalue weighted by Crippen LogP contribution is -2.38. The number of pyridine rings is 4. The van der Waals surface area contributed by atoms with Crippen molar-refractivity contribution < 1.29 is 4.74 Å². The average molecular weight is 760 g/mol. The third-order valence-electron chi connectivity index (χ3n) is 6.92. The van der Waals surface area contributed by atoms with Gasteiger partial charge in [-0.3, -0.25) is 15.0 Å². The van der Waals surface area contributed by atoms with Gasteiger partial charge in [0.2, 0.25) is 0 Å². The third kappa shape index (κ3) is 6.87. The van der Waals surface area contributed by atoms with Crippen LogP contribution in [-0.4, -0.2) is 39.9 Å². The molecule has 11 nitrogen and oxygen atoms in total. The van der Waals surface area contributed by atoms with Crippen molar-refractivity contribution in [3.63, 3.8) is 0 Å². The first-order valence-electron chi connectivity index (χ1n) is 14.6. The standard InChI is InChI=1S/C35H24Br2N10O/c36-25-14-15-30(42-19-25)46(32-22-43-34(37)33(45-32)27-12-5-7-17-40-27)47(31-21-38-20-28(44-31)26-11-4-6-16-39-26)35-29(13-8-18-41-35)48-23-24-9-2-1-3-10-24/h1-22H,23H2. The van der Waals surface area contributed by atoms with Gasteiger partial charge in [-0.1, -0.05) is 42.5 Å². The molecule has 13 heteroatoms. The highest BCUT2D eigenvalue weighted by Gasteiger charge is 2.30. The van der Waals surface area contributed by atoms with E-state index in [2.05, 4.69) is 51.8 Å². The molecule has 1 aromatic carbocycles. The predicted molar refractivity (Wildman–Crippen MR) is 189 cm³/mol. The fraction of sp³-hybridized carbons (Fsp3) is 0.0286. The average Bonchev–Trinajstić information content (AvgIpc) is 3.15. The van der Waals surface area contributed by atoms with Gasteiger partial charge >= 0.3 is 0 Å². The molecule has 6 aromatic heterocycles. The van der Waals surface area contributed by atoms with Gasteiger partial charge in [0.05, 0.1) is 30.0 Å². The number of hydrazine groups is 1. The number of nitrogens with zero attached hydrogens (tertiary/aromatic N) is 10. The van der Waals surface area contributed by atoms with Crippen LogP contribution >= 0.6 is 31.9 Å². The van der Waals surface area contributed by atoms with Gasteiger partial charge in [0.25, 0.3) is 0 Å². The van der Waals surface area contributed by atoms with Crippen LogP contribution in [0.3, 0.4) is 0 Å². The summed E-state index contributed by atoms with van der Waals surface area (Å²) in [5.41, 5.74) is 3.38. The number of aromatic nitrogens is 8. The first-order chi connectivity index (χ1) is 23.6. The zero-order chi connectivity index (χ0) is 32.7. The Morgan fingerprint density at radius 1 is 0.542 bits per heavy atom. The number of ether oxygens (including phenoxy) is 1. The van der Waals surface area contributed by atoms with Crippen molar-refractivity contribution in [2.24, 2.45) is 0 Å². The molecule has 0 aliphatic carbocycles. The summed E-state index contributed by atoms with van der Waals surface area (Å²) in [7, 11) is 0. The highest BCUT2D eigenvalue weighted by molar-refractivity contribution is 9.10. The quantitative estimate of drug-likeness (QED) is 0.126. The van der Waals surface area contributed by atoms with Crippen LogP contribution in [0.1, 0.15) is 5.56 Å². The molecule has 0 radical (unpaired) electrons. The Kier molecular flexibility index (Phi) is 9.29. The highest BCUT2D eigenvalue weighted by Crippen LogP contribution is 2.39. The van der Waals surface area contributed by atoms with E-state index in [4.69, 9.17) is 24.7 Å². The van der Waals surface area contributed by atoms with E-state index in [1.807, 2.05) is 91.0 Å². The number of anilines is 4. The summed E-state index contributed by atoms with van der Waals surface area (Å²) in [4.78, 5) is 37.9. The summed E-state index contributed by atoms with van der Waals surface area (Å²) in [5.74, 6) is 2.19. The monoisotopic (exact) mass is 758 g/mol. The normalized spacial score (nSPS) is 10.8. The fourth-order valence-electron chi connectivity index (χ4n) is 4.74. The molecule has 0 aliphatic rings. The maximum Gasteiger partial charge on any atom is 0.197 e. The Bertz CT molecular complexity index is 2130.